The SMILES string of the molecule is CCCCCCCCCCCCOc1ccc(-c2ccc(OCc3ccc(C(=O)N(CCCC)CCCC)cc3)cc2)cc1. The van der Waals surface area contributed by atoms with Gasteiger partial charge in [0.25, 0.3) is 5.91 Å². The van der Waals surface area contributed by atoms with Crippen molar-refractivity contribution in [3.8, 4) is 22.6 Å². The normalized spacial score (nSPS) is 11.0. The monoisotopic (exact) mass is 599 g/mol. The molecule has 3 rings (SSSR count). The van der Waals surface area contributed by atoms with E-state index in [1.807, 2.05) is 41.3 Å². The third-order valence-corrected chi connectivity index (χ3v) is 8.27. The molecular formula is C40H57NO3. The van der Waals surface area contributed by atoms with Crippen LogP contribution in [0, 0.1) is 0 Å². The molecule has 0 bridgehead atoms. The summed E-state index contributed by atoms with van der Waals surface area (Å²) in [6, 6.07) is 24.5. The number of nitrogens with zero attached hydrogens (tertiary/aromatic N) is 1. The first-order valence-electron chi connectivity index (χ1n) is 17.5. The Hall–Kier alpha value is -3.27. The Balaban J connectivity index is 1.37. The van der Waals surface area contributed by atoms with Crippen LogP contribution in [-0.4, -0.2) is 30.5 Å². The van der Waals surface area contributed by atoms with Crippen molar-refractivity contribution >= 4 is 5.91 Å². The molecule has 0 aromatic heterocycles. The van der Waals surface area contributed by atoms with Crippen LogP contribution in [0.15, 0.2) is 72.8 Å². The third kappa shape index (κ3) is 13.2. The van der Waals surface area contributed by atoms with Gasteiger partial charge in [-0.25, -0.2) is 0 Å². The second-order valence-electron chi connectivity index (χ2n) is 12.1. The van der Waals surface area contributed by atoms with Gasteiger partial charge in [-0.2, -0.15) is 0 Å². The minimum absolute atomic E-state index is 0.128. The molecule has 0 aliphatic carbocycles. The Morgan fingerprint density at radius 1 is 0.523 bits per heavy atom. The second-order valence-corrected chi connectivity index (χ2v) is 12.1. The number of amides is 1. The summed E-state index contributed by atoms with van der Waals surface area (Å²) in [5, 5.41) is 0. The van der Waals surface area contributed by atoms with Crippen LogP contribution in [0.25, 0.3) is 11.1 Å². The predicted molar refractivity (Wildman–Crippen MR) is 186 cm³/mol. The molecule has 0 saturated heterocycles. The molecule has 0 atom stereocenters. The van der Waals surface area contributed by atoms with E-state index in [0.29, 0.717) is 6.61 Å². The second kappa shape index (κ2) is 21.4. The van der Waals surface area contributed by atoms with E-state index >= 15 is 0 Å². The lowest BCUT2D eigenvalue weighted by Gasteiger charge is -2.22. The molecule has 44 heavy (non-hydrogen) atoms. The van der Waals surface area contributed by atoms with Crippen molar-refractivity contribution in [2.45, 2.75) is 117 Å². The molecule has 0 N–H and O–H groups in total. The van der Waals surface area contributed by atoms with E-state index in [-0.39, 0.29) is 5.91 Å². The molecule has 0 aliphatic rings. The number of hydrogen-bond donors (Lipinski definition) is 0. The maximum atomic E-state index is 13.0. The maximum absolute atomic E-state index is 13.0. The van der Waals surface area contributed by atoms with Gasteiger partial charge in [-0.1, -0.05) is 128 Å². The minimum atomic E-state index is 0.128. The molecule has 0 spiro atoms. The fourth-order valence-electron chi connectivity index (χ4n) is 5.37. The van der Waals surface area contributed by atoms with Crippen LogP contribution in [0.2, 0.25) is 0 Å². The summed E-state index contributed by atoms with van der Waals surface area (Å²) in [6.45, 7) is 9.51. The highest BCUT2D eigenvalue weighted by Gasteiger charge is 2.15. The van der Waals surface area contributed by atoms with E-state index < -0.39 is 0 Å². The first kappa shape index (κ1) is 35.2. The zero-order valence-corrected chi connectivity index (χ0v) is 27.8. The van der Waals surface area contributed by atoms with Gasteiger partial charge in [-0.15, -0.1) is 0 Å². The van der Waals surface area contributed by atoms with Crippen molar-refractivity contribution in [1.29, 1.82) is 0 Å². The van der Waals surface area contributed by atoms with E-state index in [0.717, 1.165) is 85.6 Å². The molecule has 0 radical (unpaired) electrons. The third-order valence-electron chi connectivity index (χ3n) is 8.27. The standard InChI is InChI=1S/C40H57NO3/c1-4-7-10-11-12-13-14-15-16-17-32-43-38-26-22-35(23-27-38)36-24-28-39(29-25-36)44-33-34-18-20-37(21-19-34)40(42)41(30-8-5-2)31-9-6-3/h18-29H,4-17,30-33H2,1-3H3. The van der Waals surface area contributed by atoms with Crippen molar-refractivity contribution in [3.05, 3.63) is 83.9 Å². The van der Waals surface area contributed by atoms with Crippen molar-refractivity contribution in [3.63, 3.8) is 0 Å². The van der Waals surface area contributed by atoms with E-state index in [1.54, 1.807) is 0 Å². The highest BCUT2D eigenvalue weighted by Crippen LogP contribution is 2.25. The van der Waals surface area contributed by atoms with Crippen molar-refractivity contribution in [2.24, 2.45) is 0 Å². The van der Waals surface area contributed by atoms with Gasteiger partial charge < -0.3 is 14.4 Å². The summed E-state index contributed by atoms with van der Waals surface area (Å²) >= 11 is 0. The zero-order valence-electron chi connectivity index (χ0n) is 27.8. The smallest absolute Gasteiger partial charge is 0.253 e. The molecule has 0 aliphatic heterocycles. The van der Waals surface area contributed by atoms with Crippen molar-refractivity contribution < 1.29 is 14.3 Å². The molecule has 0 saturated carbocycles. The lowest BCUT2D eigenvalue weighted by atomic mass is 10.1. The van der Waals surface area contributed by atoms with Crippen LogP contribution < -0.4 is 9.47 Å². The predicted octanol–water partition coefficient (Wildman–Crippen LogP) is 11.3. The highest BCUT2D eigenvalue weighted by atomic mass is 16.5. The Bertz CT molecular complexity index is 1150. The van der Waals surface area contributed by atoms with Crippen molar-refractivity contribution in [1.82, 2.24) is 4.90 Å². The van der Waals surface area contributed by atoms with Crippen LogP contribution in [-0.2, 0) is 6.61 Å². The van der Waals surface area contributed by atoms with Gasteiger partial charge in [-0.05, 0) is 72.4 Å². The molecule has 4 heteroatoms. The summed E-state index contributed by atoms with van der Waals surface area (Å²) in [6.07, 6.45) is 17.6. The molecule has 4 nitrogen and oxygen atoms in total. The first-order valence-corrected chi connectivity index (χ1v) is 17.5. The molecule has 3 aromatic rings. The quantitative estimate of drug-likeness (QED) is 0.102. The van der Waals surface area contributed by atoms with Crippen LogP contribution in [0.3, 0.4) is 0 Å². The minimum Gasteiger partial charge on any atom is -0.494 e. The first-order chi connectivity index (χ1) is 21.6. The van der Waals surface area contributed by atoms with Crippen LogP contribution in [0.1, 0.15) is 127 Å². The fraction of sp³-hybridized carbons (Fsp3) is 0.525. The van der Waals surface area contributed by atoms with Crippen LogP contribution in [0.4, 0.5) is 0 Å². The summed E-state index contributed by atoms with van der Waals surface area (Å²) in [5.41, 5.74) is 4.11. The number of unbranched alkanes of at least 4 members (excludes halogenated alkanes) is 11. The Morgan fingerprint density at radius 3 is 1.48 bits per heavy atom. The number of carbonyl (C=O) groups is 1. The van der Waals surface area contributed by atoms with Gasteiger partial charge >= 0.3 is 0 Å². The Labute approximate surface area is 268 Å². The molecular weight excluding hydrogens is 542 g/mol. The van der Waals surface area contributed by atoms with Gasteiger partial charge in [0.1, 0.15) is 18.1 Å². The number of rotatable bonds is 23. The Morgan fingerprint density at radius 2 is 0.977 bits per heavy atom. The number of hydrogen-bond acceptors (Lipinski definition) is 3. The topological polar surface area (TPSA) is 38.8 Å². The van der Waals surface area contributed by atoms with E-state index in [9.17, 15) is 4.79 Å². The van der Waals surface area contributed by atoms with Crippen molar-refractivity contribution in [2.75, 3.05) is 19.7 Å². The number of benzene rings is 3. The fourth-order valence-corrected chi connectivity index (χ4v) is 5.37. The van der Waals surface area contributed by atoms with Gasteiger partial charge in [0.05, 0.1) is 6.61 Å². The molecule has 0 unspecified atom stereocenters. The van der Waals surface area contributed by atoms with E-state index in [2.05, 4.69) is 57.2 Å². The van der Waals surface area contributed by atoms with Gasteiger partial charge in [0, 0.05) is 18.7 Å². The highest BCUT2D eigenvalue weighted by molar-refractivity contribution is 5.94. The van der Waals surface area contributed by atoms with Gasteiger partial charge in [0.15, 0.2) is 0 Å². The molecule has 3 aromatic carbocycles. The van der Waals surface area contributed by atoms with Gasteiger partial charge in [0.2, 0.25) is 0 Å². The summed E-state index contributed by atoms with van der Waals surface area (Å²) < 4.78 is 12.0. The number of ether oxygens (including phenoxy) is 2. The number of carbonyl (C=O) groups excluding carboxylic acids is 1. The summed E-state index contributed by atoms with van der Waals surface area (Å²) in [5.74, 6) is 1.89. The van der Waals surface area contributed by atoms with Gasteiger partial charge in [-0.3, -0.25) is 4.79 Å². The lowest BCUT2D eigenvalue weighted by molar-refractivity contribution is 0.0751. The Kier molecular flexibility index (Phi) is 17.2. The zero-order chi connectivity index (χ0) is 31.2. The summed E-state index contributed by atoms with van der Waals surface area (Å²) in [7, 11) is 0. The van der Waals surface area contributed by atoms with Crippen LogP contribution >= 0.6 is 0 Å². The van der Waals surface area contributed by atoms with E-state index in [4.69, 9.17) is 9.47 Å². The summed E-state index contributed by atoms with van der Waals surface area (Å²) in [4.78, 5) is 15.0. The molecule has 0 fully saturated rings. The van der Waals surface area contributed by atoms with E-state index in [1.165, 1.54) is 57.8 Å². The molecule has 0 heterocycles. The molecule has 240 valence electrons. The largest absolute Gasteiger partial charge is 0.494 e. The molecule has 1 amide bonds. The average Bonchev–Trinajstić information content (AvgIpc) is 3.07. The average molecular weight is 600 g/mol. The van der Waals surface area contributed by atoms with Crippen LogP contribution in [0.5, 0.6) is 11.5 Å². The lowest BCUT2D eigenvalue weighted by Crippen LogP contribution is -2.32. The maximum Gasteiger partial charge on any atom is 0.253 e.